The number of carbonyl (C=O) groups excluding carboxylic acids is 1. The largest absolute Gasteiger partial charge is 0.320 e. The van der Waals surface area contributed by atoms with Crippen LogP contribution in [0.3, 0.4) is 0 Å². The van der Waals surface area contributed by atoms with E-state index in [4.69, 9.17) is 0 Å². The van der Waals surface area contributed by atoms with Crippen LogP contribution in [0.2, 0.25) is 0 Å². The highest BCUT2D eigenvalue weighted by atomic mass is 35.5. The number of benzene rings is 1. The van der Waals surface area contributed by atoms with Crippen molar-refractivity contribution in [3.63, 3.8) is 0 Å². The van der Waals surface area contributed by atoms with Crippen molar-refractivity contribution >= 4 is 24.0 Å². The molecule has 1 aliphatic rings. The summed E-state index contributed by atoms with van der Waals surface area (Å²) in [5.41, 5.74) is 2.47. The number of anilines is 1. The Balaban J connectivity index is 0.00000208. The molecule has 1 aromatic carbocycles. The second-order valence-electron chi connectivity index (χ2n) is 6.38. The number of nitrogens with zero attached hydrogens (tertiary/aromatic N) is 2. The van der Waals surface area contributed by atoms with Crippen LogP contribution in [0.4, 0.5) is 5.69 Å². The molecule has 1 amide bonds. The summed E-state index contributed by atoms with van der Waals surface area (Å²) < 4.78 is 1.91. The molecule has 0 saturated carbocycles. The van der Waals surface area contributed by atoms with E-state index in [2.05, 4.69) is 29.6 Å². The fourth-order valence-corrected chi connectivity index (χ4v) is 3.02. The average molecular weight is 349 g/mol. The van der Waals surface area contributed by atoms with E-state index in [0.29, 0.717) is 17.7 Å². The average Bonchev–Trinajstić information content (AvgIpc) is 3.06. The molecule has 1 unspecified atom stereocenters. The van der Waals surface area contributed by atoms with Gasteiger partial charge in [-0.3, -0.25) is 9.48 Å². The van der Waals surface area contributed by atoms with Gasteiger partial charge in [0.05, 0.1) is 6.04 Å². The third kappa shape index (κ3) is 4.16. The number of aromatic nitrogens is 2. The van der Waals surface area contributed by atoms with Crippen LogP contribution in [0.15, 0.2) is 36.5 Å². The number of rotatable bonds is 4. The SMILES string of the molecule is CC(C)c1ccccc1NC(=O)c1ccn(C2CCCNC2)n1.Cl. The molecule has 1 saturated heterocycles. The molecule has 0 aliphatic carbocycles. The second-order valence-corrected chi connectivity index (χ2v) is 6.38. The minimum Gasteiger partial charge on any atom is -0.320 e. The lowest BCUT2D eigenvalue weighted by Gasteiger charge is -2.22. The summed E-state index contributed by atoms with van der Waals surface area (Å²) in [6.45, 7) is 6.22. The molecule has 2 N–H and O–H groups in total. The molecule has 2 heterocycles. The number of nitrogens with one attached hydrogen (secondary N) is 2. The van der Waals surface area contributed by atoms with Crippen molar-refractivity contribution in [2.75, 3.05) is 18.4 Å². The summed E-state index contributed by atoms with van der Waals surface area (Å²) in [6.07, 6.45) is 4.15. The van der Waals surface area contributed by atoms with Crippen molar-refractivity contribution in [1.29, 1.82) is 0 Å². The summed E-state index contributed by atoms with van der Waals surface area (Å²) in [4.78, 5) is 12.5. The standard InChI is InChI=1S/C18H24N4O.ClH/c1-13(2)15-7-3-4-8-16(15)20-18(23)17-9-11-22(21-17)14-6-5-10-19-12-14;/h3-4,7-9,11,13-14,19H,5-6,10,12H2,1-2H3,(H,20,23);1H. The molecular formula is C18H25ClN4O. The van der Waals surface area contributed by atoms with E-state index in [1.807, 2.05) is 35.1 Å². The third-order valence-electron chi connectivity index (χ3n) is 4.32. The molecule has 1 aromatic heterocycles. The Morgan fingerprint density at radius 3 is 2.83 bits per heavy atom. The Morgan fingerprint density at radius 1 is 1.33 bits per heavy atom. The maximum Gasteiger partial charge on any atom is 0.276 e. The molecular weight excluding hydrogens is 324 g/mol. The topological polar surface area (TPSA) is 59.0 Å². The van der Waals surface area contributed by atoms with Crippen LogP contribution in [-0.4, -0.2) is 28.8 Å². The number of hydrogen-bond donors (Lipinski definition) is 2. The van der Waals surface area contributed by atoms with Crippen molar-refractivity contribution in [3.8, 4) is 0 Å². The first-order chi connectivity index (χ1) is 11.1. The normalized spacial score (nSPS) is 17.4. The molecule has 3 rings (SSSR count). The smallest absolute Gasteiger partial charge is 0.276 e. The van der Waals surface area contributed by atoms with E-state index in [1.165, 1.54) is 0 Å². The minimum atomic E-state index is -0.152. The minimum absolute atomic E-state index is 0. The molecule has 130 valence electrons. The predicted molar refractivity (Wildman–Crippen MR) is 99.1 cm³/mol. The molecule has 6 heteroatoms. The third-order valence-corrected chi connectivity index (χ3v) is 4.32. The molecule has 24 heavy (non-hydrogen) atoms. The van der Waals surface area contributed by atoms with Crippen LogP contribution >= 0.6 is 12.4 Å². The number of hydrogen-bond acceptors (Lipinski definition) is 3. The molecule has 2 aromatic rings. The van der Waals surface area contributed by atoms with Gasteiger partial charge < -0.3 is 10.6 Å². The Morgan fingerprint density at radius 2 is 2.12 bits per heavy atom. The van der Waals surface area contributed by atoms with Gasteiger partial charge in [-0.15, -0.1) is 12.4 Å². The van der Waals surface area contributed by atoms with Gasteiger partial charge >= 0.3 is 0 Å². The lowest BCUT2D eigenvalue weighted by molar-refractivity contribution is 0.102. The highest BCUT2D eigenvalue weighted by Crippen LogP contribution is 2.24. The first kappa shape index (κ1) is 18.5. The predicted octanol–water partition coefficient (Wildman–Crippen LogP) is 3.61. The number of piperidine rings is 1. The highest BCUT2D eigenvalue weighted by Gasteiger charge is 2.18. The van der Waals surface area contributed by atoms with Crippen LogP contribution in [0.5, 0.6) is 0 Å². The van der Waals surface area contributed by atoms with Gasteiger partial charge in [0.1, 0.15) is 0 Å². The van der Waals surface area contributed by atoms with Crippen LogP contribution in [0.1, 0.15) is 54.7 Å². The molecule has 5 nitrogen and oxygen atoms in total. The van der Waals surface area contributed by atoms with Crippen LogP contribution < -0.4 is 10.6 Å². The zero-order valence-electron chi connectivity index (χ0n) is 14.2. The van der Waals surface area contributed by atoms with Crippen molar-refractivity contribution < 1.29 is 4.79 Å². The van der Waals surface area contributed by atoms with Gasteiger partial charge in [0.2, 0.25) is 0 Å². The quantitative estimate of drug-likeness (QED) is 0.887. The highest BCUT2D eigenvalue weighted by molar-refractivity contribution is 6.03. The van der Waals surface area contributed by atoms with Crippen LogP contribution in [0.25, 0.3) is 0 Å². The van der Waals surface area contributed by atoms with Gasteiger partial charge in [0, 0.05) is 18.4 Å². The maximum atomic E-state index is 12.5. The van der Waals surface area contributed by atoms with E-state index < -0.39 is 0 Å². The van der Waals surface area contributed by atoms with E-state index in [1.54, 1.807) is 6.07 Å². The van der Waals surface area contributed by atoms with Gasteiger partial charge in [-0.1, -0.05) is 32.0 Å². The Hall–Kier alpha value is -1.85. The van der Waals surface area contributed by atoms with Gasteiger partial charge in [0.15, 0.2) is 5.69 Å². The zero-order valence-corrected chi connectivity index (χ0v) is 15.0. The molecule has 1 fully saturated rings. The fraction of sp³-hybridized carbons (Fsp3) is 0.444. The molecule has 0 bridgehead atoms. The first-order valence-electron chi connectivity index (χ1n) is 8.31. The Labute approximate surface area is 149 Å². The number of halogens is 1. The molecule has 1 atom stereocenters. The van der Waals surface area contributed by atoms with Crippen LogP contribution in [0, 0.1) is 0 Å². The lowest BCUT2D eigenvalue weighted by atomic mass is 10.0. The molecule has 0 spiro atoms. The van der Waals surface area contributed by atoms with Gasteiger partial charge in [-0.2, -0.15) is 5.10 Å². The maximum absolute atomic E-state index is 12.5. The van der Waals surface area contributed by atoms with E-state index >= 15 is 0 Å². The molecule has 0 radical (unpaired) electrons. The summed E-state index contributed by atoms with van der Waals surface area (Å²) in [7, 11) is 0. The van der Waals surface area contributed by atoms with Crippen LogP contribution in [-0.2, 0) is 0 Å². The summed E-state index contributed by atoms with van der Waals surface area (Å²) in [5.74, 6) is 0.206. The first-order valence-corrected chi connectivity index (χ1v) is 8.31. The Kier molecular flexibility index (Phi) is 6.40. The van der Waals surface area contributed by atoms with Gasteiger partial charge in [-0.25, -0.2) is 0 Å². The van der Waals surface area contributed by atoms with Gasteiger partial charge in [-0.05, 0) is 43.0 Å². The van der Waals surface area contributed by atoms with Gasteiger partial charge in [0.25, 0.3) is 5.91 Å². The van der Waals surface area contributed by atoms with Crippen molar-refractivity contribution in [3.05, 3.63) is 47.8 Å². The summed E-state index contributed by atoms with van der Waals surface area (Å²) in [5, 5.41) is 10.8. The lowest BCUT2D eigenvalue weighted by Crippen LogP contribution is -2.32. The fourth-order valence-electron chi connectivity index (χ4n) is 3.02. The van der Waals surface area contributed by atoms with Crippen molar-refractivity contribution in [2.45, 2.75) is 38.6 Å². The number of para-hydroxylation sites is 1. The van der Waals surface area contributed by atoms with Crippen molar-refractivity contribution in [2.24, 2.45) is 0 Å². The van der Waals surface area contributed by atoms with E-state index in [-0.39, 0.29) is 18.3 Å². The summed E-state index contributed by atoms with van der Waals surface area (Å²) in [6, 6.07) is 10.1. The second kappa shape index (κ2) is 8.31. The molecule has 1 aliphatic heterocycles. The number of carbonyl (C=O) groups is 1. The number of amides is 1. The van der Waals surface area contributed by atoms with E-state index in [9.17, 15) is 4.79 Å². The summed E-state index contributed by atoms with van der Waals surface area (Å²) >= 11 is 0. The monoisotopic (exact) mass is 348 g/mol. The zero-order chi connectivity index (χ0) is 16.2. The Bertz CT molecular complexity index is 677. The van der Waals surface area contributed by atoms with E-state index in [0.717, 1.165) is 37.2 Å². The van der Waals surface area contributed by atoms with Crippen molar-refractivity contribution in [1.82, 2.24) is 15.1 Å².